The maximum Gasteiger partial charge on any atom is 0.194 e. The zero-order valence-electron chi connectivity index (χ0n) is 18.7. The summed E-state index contributed by atoms with van der Waals surface area (Å²) in [5.74, 6) is 1.98. The molecule has 0 aliphatic carbocycles. The van der Waals surface area contributed by atoms with Crippen molar-refractivity contribution in [3.8, 4) is 0 Å². The van der Waals surface area contributed by atoms with E-state index in [4.69, 9.17) is 4.99 Å². The van der Waals surface area contributed by atoms with Crippen LogP contribution in [0.3, 0.4) is 0 Å². The first kappa shape index (κ1) is 20.6. The number of rotatable bonds is 6. The van der Waals surface area contributed by atoms with Gasteiger partial charge in [-0.3, -0.25) is 9.89 Å². The quantitative estimate of drug-likeness (QED) is 0.761. The molecule has 2 atom stereocenters. The molecule has 3 aliphatic heterocycles. The molecule has 0 saturated carbocycles. The maximum absolute atomic E-state index is 5.00. The van der Waals surface area contributed by atoms with Crippen LogP contribution in [-0.2, 0) is 13.0 Å². The van der Waals surface area contributed by atoms with E-state index in [1.165, 1.54) is 62.2 Å². The van der Waals surface area contributed by atoms with Crippen LogP contribution in [0.5, 0.6) is 0 Å². The third-order valence-corrected chi connectivity index (χ3v) is 7.33. The number of nitrogens with zero attached hydrogens (tertiary/aromatic N) is 3. The van der Waals surface area contributed by atoms with Gasteiger partial charge in [0.1, 0.15) is 0 Å². The van der Waals surface area contributed by atoms with Gasteiger partial charge in [0.25, 0.3) is 0 Å². The minimum absolute atomic E-state index is 0.157. The van der Waals surface area contributed by atoms with E-state index in [1.54, 1.807) is 0 Å². The van der Waals surface area contributed by atoms with E-state index in [-0.39, 0.29) is 5.54 Å². The molecule has 0 radical (unpaired) electrons. The van der Waals surface area contributed by atoms with E-state index in [0.29, 0.717) is 0 Å². The minimum atomic E-state index is 0.157. The molecule has 2 aromatic carbocycles. The summed E-state index contributed by atoms with van der Waals surface area (Å²) in [4.78, 5) is 10.1. The highest BCUT2D eigenvalue weighted by Crippen LogP contribution is 2.29. The molecule has 1 spiro atoms. The predicted octanol–water partition coefficient (Wildman–Crippen LogP) is 4.33. The van der Waals surface area contributed by atoms with Gasteiger partial charge in [0.15, 0.2) is 5.96 Å². The molecule has 31 heavy (non-hydrogen) atoms. The van der Waals surface area contributed by atoms with Crippen molar-refractivity contribution >= 4 is 5.96 Å². The second kappa shape index (κ2) is 9.44. The molecule has 3 heterocycles. The summed E-state index contributed by atoms with van der Waals surface area (Å²) in [6, 6.07) is 21.8. The molecule has 2 fully saturated rings. The number of aryl methyl sites for hydroxylation is 1. The molecule has 0 bridgehead atoms. The van der Waals surface area contributed by atoms with Gasteiger partial charge in [-0.25, -0.2) is 0 Å². The summed E-state index contributed by atoms with van der Waals surface area (Å²) in [6.07, 6.45) is 7.69. The largest absolute Gasteiger partial charge is 0.348 e. The SMILES string of the molecule is c1ccc(CCCC2CCCN(C3=NCC4(CCN(Cc5ccccc5)C4)N3)C2)cc1. The lowest BCUT2D eigenvalue weighted by Crippen LogP contribution is -2.53. The number of nitrogens with one attached hydrogen (secondary N) is 1. The first-order chi connectivity index (χ1) is 15.3. The standard InChI is InChI=1S/C27H36N4/c1-3-9-23(10-4-1)13-7-14-25-15-8-17-31(20-25)26-28-21-27(29-26)16-18-30(22-27)19-24-11-5-2-6-12-24/h1-6,9-12,25H,7-8,13-22H2,(H,28,29). The number of piperidine rings is 1. The van der Waals surface area contributed by atoms with Crippen molar-refractivity contribution in [1.29, 1.82) is 0 Å². The molecule has 3 aliphatic rings. The number of guanidine groups is 1. The van der Waals surface area contributed by atoms with Crippen LogP contribution in [0.4, 0.5) is 0 Å². The van der Waals surface area contributed by atoms with Crippen LogP contribution in [0, 0.1) is 5.92 Å². The van der Waals surface area contributed by atoms with Crippen LogP contribution in [0.25, 0.3) is 0 Å². The van der Waals surface area contributed by atoms with Crippen molar-refractivity contribution < 1.29 is 0 Å². The van der Waals surface area contributed by atoms with Crippen LogP contribution in [0.1, 0.15) is 43.2 Å². The maximum atomic E-state index is 5.00. The van der Waals surface area contributed by atoms with Gasteiger partial charge >= 0.3 is 0 Å². The molecule has 2 aromatic rings. The lowest BCUT2D eigenvalue weighted by atomic mass is 9.92. The van der Waals surface area contributed by atoms with Gasteiger partial charge in [0.2, 0.25) is 0 Å². The van der Waals surface area contributed by atoms with Gasteiger partial charge in [-0.2, -0.15) is 0 Å². The van der Waals surface area contributed by atoms with Crippen molar-refractivity contribution in [2.45, 2.75) is 50.6 Å². The average Bonchev–Trinajstić information content (AvgIpc) is 3.42. The van der Waals surface area contributed by atoms with Gasteiger partial charge in [-0.05, 0) is 55.6 Å². The fourth-order valence-electron chi connectivity index (χ4n) is 5.62. The summed E-state index contributed by atoms with van der Waals surface area (Å²) in [6.45, 7) is 6.57. The molecule has 2 saturated heterocycles. The number of benzene rings is 2. The summed E-state index contributed by atoms with van der Waals surface area (Å²) in [7, 11) is 0. The van der Waals surface area contributed by atoms with E-state index < -0.39 is 0 Å². The second-order valence-corrected chi connectivity index (χ2v) is 9.82. The van der Waals surface area contributed by atoms with E-state index in [0.717, 1.165) is 38.6 Å². The van der Waals surface area contributed by atoms with E-state index in [1.807, 2.05) is 0 Å². The van der Waals surface area contributed by atoms with Gasteiger partial charge in [-0.1, -0.05) is 60.7 Å². The highest BCUT2D eigenvalue weighted by molar-refractivity contribution is 5.83. The Morgan fingerprint density at radius 2 is 1.74 bits per heavy atom. The number of likely N-dealkylation sites (tertiary alicyclic amines) is 2. The Labute approximate surface area is 187 Å². The van der Waals surface area contributed by atoms with E-state index in [9.17, 15) is 0 Å². The number of aliphatic imine (C=N–C) groups is 1. The van der Waals surface area contributed by atoms with Crippen LogP contribution in [-0.4, -0.2) is 54.0 Å². The first-order valence-electron chi connectivity index (χ1n) is 12.2. The fraction of sp³-hybridized carbons (Fsp3) is 0.519. The average molecular weight is 417 g/mol. The molecule has 0 aromatic heterocycles. The Hall–Kier alpha value is -2.33. The summed E-state index contributed by atoms with van der Waals surface area (Å²) in [5, 5.41) is 3.89. The lowest BCUT2D eigenvalue weighted by Gasteiger charge is -2.35. The summed E-state index contributed by atoms with van der Waals surface area (Å²) >= 11 is 0. The van der Waals surface area contributed by atoms with E-state index in [2.05, 4.69) is 75.8 Å². The van der Waals surface area contributed by atoms with Crippen molar-refractivity contribution in [2.24, 2.45) is 10.9 Å². The highest BCUT2D eigenvalue weighted by Gasteiger charge is 2.43. The predicted molar refractivity (Wildman–Crippen MR) is 128 cm³/mol. The van der Waals surface area contributed by atoms with E-state index >= 15 is 0 Å². The summed E-state index contributed by atoms with van der Waals surface area (Å²) in [5.41, 5.74) is 3.04. The molecular weight excluding hydrogens is 380 g/mol. The van der Waals surface area contributed by atoms with Gasteiger partial charge in [-0.15, -0.1) is 0 Å². The molecule has 4 heteroatoms. The van der Waals surface area contributed by atoms with Crippen LogP contribution >= 0.6 is 0 Å². The molecule has 4 nitrogen and oxygen atoms in total. The Bertz CT molecular complexity index is 865. The topological polar surface area (TPSA) is 30.9 Å². The van der Waals surface area contributed by atoms with Gasteiger partial charge in [0.05, 0.1) is 12.1 Å². The van der Waals surface area contributed by atoms with Crippen molar-refractivity contribution in [2.75, 3.05) is 32.7 Å². The third-order valence-electron chi connectivity index (χ3n) is 7.33. The smallest absolute Gasteiger partial charge is 0.194 e. The molecule has 5 rings (SSSR count). The zero-order valence-corrected chi connectivity index (χ0v) is 18.7. The monoisotopic (exact) mass is 416 g/mol. The second-order valence-electron chi connectivity index (χ2n) is 9.82. The summed E-state index contributed by atoms with van der Waals surface area (Å²) < 4.78 is 0. The number of hydrogen-bond acceptors (Lipinski definition) is 4. The van der Waals surface area contributed by atoms with Gasteiger partial charge < -0.3 is 10.2 Å². The van der Waals surface area contributed by atoms with Crippen molar-refractivity contribution in [3.05, 3.63) is 71.8 Å². The zero-order chi connectivity index (χ0) is 20.9. The molecular formula is C27H36N4. The number of hydrogen-bond donors (Lipinski definition) is 1. The van der Waals surface area contributed by atoms with Crippen LogP contribution in [0.15, 0.2) is 65.7 Å². The van der Waals surface area contributed by atoms with Crippen LogP contribution in [0.2, 0.25) is 0 Å². The molecule has 2 unspecified atom stereocenters. The van der Waals surface area contributed by atoms with Crippen molar-refractivity contribution in [1.82, 2.24) is 15.1 Å². The first-order valence-corrected chi connectivity index (χ1v) is 12.2. The van der Waals surface area contributed by atoms with Crippen LogP contribution < -0.4 is 5.32 Å². The van der Waals surface area contributed by atoms with Crippen molar-refractivity contribution in [3.63, 3.8) is 0 Å². The lowest BCUT2D eigenvalue weighted by molar-refractivity contribution is 0.236. The molecule has 0 amide bonds. The molecule has 1 N–H and O–H groups in total. The Kier molecular flexibility index (Phi) is 6.26. The Morgan fingerprint density at radius 1 is 0.968 bits per heavy atom. The molecule has 164 valence electrons. The third kappa shape index (κ3) is 5.12. The van der Waals surface area contributed by atoms with Gasteiger partial charge in [0, 0.05) is 32.7 Å². The minimum Gasteiger partial charge on any atom is -0.348 e. The Balaban J connectivity index is 1.09. The Morgan fingerprint density at radius 3 is 2.55 bits per heavy atom. The normalized spacial score (nSPS) is 26.3. The fourth-order valence-corrected chi connectivity index (χ4v) is 5.62. The highest BCUT2D eigenvalue weighted by atomic mass is 15.4.